The minimum atomic E-state index is -0.308. The highest BCUT2D eigenvalue weighted by Gasteiger charge is 2.15. The van der Waals surface area contributed by atoms with E-state index < -0.39 is 0 Å². The van der Waals surface area contributed by atoms with E-state index in [1.54, 1.807) is 19.1 Å². The summed E-state index contributed by atoms with van der Waals surface area (Å²) in [6.45, 7) is 9.00. The van der Waals surface area contributed by atoms with Crippen LogP contribution < -0.4 is 5.32 Å². The van der Waals surface area contributed by atoms with Gasteiger partial charge in [0.2, 0.25) is 11.8 Å². The van der Waals surface area contributed by atoms with E-state index in [1.807, 2.05) is 0 Å². The third kappa shape index (κ3) is 5.48. The Bertz CT molecular complexity index is 684. The van der Waals surface area contributed by atoms with Crippen molar-refractivity contribution in [3.63, 3.8) is 0 Å². The summed E-state index contributed by atoms with van der Waals surface area (Å²) in [5, 5.41) is 2.92. The summed E-state index contributed by atoms with van der Waals surface area (Å²) in [4.78, 5) is 16.4. The fraction of sp³-hybridized carbons (Fsp3) is 0.474. The van der Waals surface area contributed by atoms with Crippen LogP contribution in [-0.2, 0) is 11.2 Å². The van der Waals surface area contributed by atoms with Gasteiger partial charge in [-0.15, -0.1) is 0 Å². The van der Waals surface area contributed by atoms with Crippen molar-refractivity contribution in [3.05, 3.63) is 41.5 Å². The third-order valence-corrected chi connectivity index (χ3v) is 3.74. The molecule has 0 aliphatic carbocycles. The fourth-order valence-corrected chi connectivity index (χ4v) is 2.37. The van der Waals surface area contributed by atoms with E-state index in [4.69, 9.17) is 4.42 Å². The summed E-state index contributed by atoms with van der Waals surface area (Å²) in [6.07, 6.45) is 2.20. The van der Waals surface area contributed by atoms with Crippen LogP contribution in [-0.4, -0.2) is 17.4 Å². The fourth-order valence-electron chi connectivity index (χ4n) is 2.37. The number of aromatic nitrogens is 1. The molecule has 0 saturated heterocycles. The number of halogens is 1. The zero-order valence-electron chi connectivity index (χ0n) is 14.8. The standard InChI is InChI=1S/C19H25FN2O2/c1-13-16(12-17(23)21-11-5-10-19(2,3)4)22-18(24-13)14-6-8-15(20)9-7-14/h6-9H,5,10-12H2,1-4H3,(H,21,23). The lowest BCUT2D eigenvalue weighted by Crippen LogP contribution is -2.27. The Balaban J connectivity index is 1.91. The lowest BCUT2D eigenvalue weighted by atomic mass is 9.91. The molecule has 1 aromatic heterocycles. The minimum Gasteiger partial charge on any atom is -0.441 e. The SMILES string of the molecule is Cc1oc(-c2ccc(F)cc2)nc1CC(=O)NCCCC(C)(C)C. The zero-order chi connectivity index (χ0) is 17.7. The number of hydrogen-bond donors (Lipinski definition) is 1. The maximum atomic E-state index is 13.0. The van der Waals surface area contributed by atoms with Crippen molar-refractivity contribution >= 4 is 5.91 Å². The number of benzene rings is 1. The molecule has 24 heavy (non-hydrogen) atoms. The van der Waals surface area contributed by atoms with Crippen LogP contribution in [0.2, 0.25) is 0 Å². The van der Waals surface area contributed by atoms with Gasteiger partial charge >= 0.3 is 0 Å². The number of carbonyl (C=O) groups is 1. The Labute approximate surface area is 142 Å². The molecule has 0 spiro atoms. The number of amides is 1. The van der Waals surface area contributed by atoms with E-state index in [0.29, 0.717) is 29.5 Å². The van der Waals surface area contributed by atoms with Crippen molar-refractivity contribution in [2.45, 2.75) is 47.0 Å². The highest BCUT2D eigenvalue weighted by molar-refractivity contribution is 5.78. The first kappa shape index (κ1) is 18.2. The monoisotopic (exact) mass is 332 g/mol. The molecule has 0 atom stereocenters. The number of rotatable bonds is 6. The Morgan fingerprint density at radius 3 is 2.54 bits per heavy atom. The number of oxazole rings is 1. The van der Waals surface area contributed by atoms with Gasteiger partial charge in [-0.1, -0.05) is 20.8 Å². The smallest absolute Gasteiger partial charge is 0.226 e. The topological polar surface area (TPSA) is 55.1 Å². The normalized spacial score (nSPS) is 11.5. The number of aryl methyl sites for hydroxylation is 1. The lowest BCUT2D eigenvalue weighted by molar-refractivity contribution is -0.120. The van der Waals surface area contributed by atoms with Crippen molar-refractivity contribution in [2.75, 3.05) is 6.54 Å². The van der Waals surface area contributed by atoms with E-state index in [1.165, 1.54) is 12.1 Å². The van der Waals surface area contributed by atoms with E-state index in [2.05, 4.69) is 31.1 Å². The minimum absolute atomic E-state index is 0.0639. The van der Waals surface area contributed by atoms with Gasteiger partial charge in [-0.3, -0.25) is 4.79 Å². The van der Waals surface area contributed by atoms with Crippen molar-refractivity contribution in [2.24, 2.45) is 5.41 Å². The largest absolute Gasteiger partial charge is 0.441 e. The Kier molecular flexibility index (Phi) is 5.75. The van der Waals surface area contributed by atoms with Gasteiger partial charge in [0, 0.05) is 12.1 Å². The summed E-state index contributed by atoms with van der Waals surface area (Å²) in [5.74, 6) is 0.644. The number of hydrogen-bond acceptors (Lipinski definition) is 3. The van der Waals surface area contributed by atoms with Crippen LogP contribution in [0.1, 0.15) is 45.1 Å². The summed E-state index contributed by atoms with van der Waals surface area (Å²) in [5.41, 5.74) is 1.58. The first-order chi connectivity index (χ1) is 11.2. The summed E-state index contributed by atoms with van der Waals surface area (Å²) < 4.78 is 18.6. The van der Waals surface area contributed by atoms with Crippen LogP contribution in [0.25, 0.3) is 11.5 Å². The van der Waals surface area contributed by atoms with Gasteiger partial charge in [0.15, 0.2) is 0 Å². The molecule has 1 aromatic carbocycles. The van der Waals surface area contributed by atoms with Crippen molar-refractivity contribution in [1.82, 2.24) is 10.3 Å². The second kappa shape index (κ2) is 7.60. The molecule has 2 aromatic rings. The third-order valence-electron chi connectivity index (χ3n) is 3.74. The number of nitrogens with one attached hydrogen (secondary N) is 1. The molecule has 0 radical (unpaired) electrons. The molecule has 0 bridgehead atoms. The summed E-state index contributed by atoms with van der Waals surface area (Å²) in [7, 11) is 0. The molecule has 130 valence electrons. The van der Waals surface area contributed by atoms with Crippen LogP contribution in [0, 0.1) is 18.2 Å². The van der Waals surface area contributed by atoms with Crippen LogP contribution >= 0.6 is 0 Å². The van der Waals surface area contributed by atoms with Gasteiger partial charge in [0.25, 0.3) is 0 Å². The predicted octanol–water partition coefficient (Wildman–Crippen LogP) is 4.27. The van der Waals surface area contributed by atoms with E-state index >= 15 is 0 Å². The molecule has 4 nitrogen and oxygen atoms in total. The second-order valence-corrected chi connectivity index (χ2v) is 7.22. The number of carbonyl (C=O) groups excluding carboxylic acids is 1. The van der Waals surface area contributed by atoms with Gasteiger partial charge in [-0.25, -0.2) is 9.37 Å². The first-order valence-electron chi connectivity index (χ1n) is 8.23. The van der Waals surface area contributed by atoms with Gasteiger partial charge in [-0.2, -0.15) is 0 Å². The molecule has 2 rings (SSSR count). The predicted molar refractivity (Wildman–Crippen MR) is 92.0 cm³/mol. The first-order valence-corrected chi connectivity index (χ1v) is 8.23. The molecule has 1 amide bonds. The van der Waals surface area contributed by atoms with Crippen molar-refractivity contribution in [3.8, 4) is 11.5 Å². The van der Waals surface area contributed by atoms with E-state index in [0.717, 1.165) is 12.8 Å². The average Bonchev–Trinajstić information content (AvgIpc) is 2.84. The van der Waals surface area contributed by atoms with Gasteiger partial charge < -0.3 is 9.73 Å². The maximum Gasteiger partial charge on any atom is 0.226 e. The van der Waals surface area contributed by atoms with Crippen molar-refractivity contribution in [1.29, 1.82) is 0 Å². The van der Waals surface area contributed by atoms with Crippen LogP contribution in [0.4, 0.5) is 4.39 Å². The molecule has 0 aliphatic heterocycles. The number of nitrogens with zero attached hydrogens (tertiary/aromatic N) is 1. The Hall–Kier alpha value is -2.17. The zero-order valence-corrected chi connectivity index (χ0v) is 14.8. The average molecular weight is 332 g/mol. The summed E-state index contributed by atoms with van der Waals surface area (Å²) in [6, 6.07) is 5.93. The van der Waals surface area contributed by atoms with E-state index in [9.17, 15) is 9.18 Å². The van der Waals surface area contributed by atoms with Gasteiger partial charge in [-0.05, 0) is 49.4 Å². The summed E-state index contributed by atoms with van der Waals surface area (Å²) >= 11 is 0. The maximum absolute atomic E-state index is 13.0. The molecule has 0 fully saturated rings. The van der Waals surface area contributed by atoms with Crippen LogP contribution in [0.5, 0.6) is 0 Å². The van der Waals surface area contributed by atoms with Crippen LogP contribution in [0.3, 0.4) is 0 Å². The van der Waals surface area contributed by atoms with Crippen LogP contribution in [0.15, 0.2) is 28.7 Å². The van der Waals surface area contributed by atoms with Gasteiger partial charge in [0.1, 0.15) is 11.6 Å². The highest BCUT2D eigenvalue weighted by Crippen LogP contribution is 2.22. The van der Waals surface area contributed by atoms with Gasteiger partial charge in [0.05, 0.1) is 12.1 Å². The highest BCUT2D eigenvalue weighted by atomic mass is 19.1. The molecule has 0 aliphatic rings. The molecule has 0 unspecified atom stereocenters. The lowest BCUT2D eigenvalue weighted by Gasteiger charge is -2.17. The molecular formula is C19H25FN2O2. The second-order valence-electron chi connectivity index (χ2n) is 7.22. The molecule has 1 heterocycles. The quantitative estimate of drug-likeness (QED) is 0.804. The molecule has 1 N–H and O–H groups in total. The molecule has 0 saturated carbocycles. The molecule has 5 heteroatoms. The van der Waals surface area contributed by atoms with E-state index in [-0.39, 0.29) is 23.6 Å². The van der Waals surface area contributed by atoms with Crippen molar-refractivity contribution < 1.29 is 13.6 Å². The Morgan fingerprint density at radius 1 is 1.25 bits per heavy atom. The Morgan fingerprint density at radius 2 is 1.92 bits per heavy atom. The molecular weight excluding hydrogens is 307 g/mol.